The molecule has 264 valence electrons. The Morgan fingerprint density at radius 3 is 1.39 bits per heavy atom. The standard InChI is InChI=1S/C54H37NO/c1-5-15-38(16-6-1)41-27-30-45(31-28-41)55(46-24-13-23-43(35-46)39-17-7-2-8-18-39)47-32-33-50-53(37-47)56-52-34-29-44(40-19-9-3-10-20-40)36-51(52)49-26-14-25-48(54(49)50)42-21-11-4-12-22-42/h1-37H. The monoisotopic (exact) mass is 715 g/mol. The Hall–Kier alpha value is -7.42. The van der Waals surface area contributed by atoms with Crippen LogP contribution in [-0.2, 0) is 0 Å². The number of benzene rings is 9. The molecule has 2 heteroatoms. The number of hydrogen-bond acceptors (Lipinski definition) is 2. The van der Waals surface area contributed by atoms with E-state index in [1.165, 1.54) is 33.4 Å². The number of hydrogen-bond donors (Lipinski definition) is 0. The zero-order chi connectivity index (χ0) is 37.3. The first-order valence-corrected chi connectivity index (χ1v) is 19.1. The molecule has 0 fully saturated rings. The summed E-state index contributed by atoms with van der Waals surface area (Å²) in [5.41, 5.74) is 16.9. The number of ether oxygens (including phenoxy) is 1. The fourth-order valence-corrected chi connectivity index (χ4v) is 7.96. The van der Waals surface area contributed by atoms with Crippen LogP contribution in [0.2, 0.25) is 0 Å². The second kappa shape index (κ2) is 14.4. The molecule has 0 aliphatic carbocycles. The summed E-state index contributed by atoms with van der Waals surface area (Å²) in [4.78, 5) is 2.33. The summed E-state index contributed by atoms with van der Waals surface area (Å²) in [6, 6.07) is 79.9. The summed E-state index contributed by atoms with van der Waals surface area (Å²) < 4.78 is 7.07. The third-order valence-corrected chi connectivity index (χ3v) is 10.7. The quantitative estimate of drug-likeness (QED) is 0.163. The van der Waals surface area contributed by atoms with Crippen LogP contribution in [0, 0.1) is 0 Å². The normalized spacial score (nSPS) is 11.4. The molecule has 0 saturated heterocycles. The average molecular weight is 716 g/mol. The minimum absolute atomic E-state index is 0.809. The fourth-order valence-electron chi connectivity index (χ4n) is 7.96. The molecule has 0 atom stereocenters. The van der Waals surface area contributed by atoms with E-state index >= 15 is 0 Å². The van der Waals surface area contributed by atoms with E-state index in [9.17, 15) is 0 Å². The Labute approximate surface area is 328 Å². The minimum Gasteiger partial charge on any atom is -0.456 e. The summed E-state index contributed by atoms with van der Waals surface area (Å²) in [6.45, 7) is 0. The lowest BCUT2D eigenvalue weighted by molar-refractivity contribution is 0.488. The van der Waals surface area contributed by atoms with Gasteiger partial charge in [-0.1, -0.05) is 170 Å². The molecule has 9 aromatic rings. The fraction of sp³-hybridized carbons (Fsp3) is 0. The summed E-state index contributed by atoms with van der Waals surface area (Å²) in [5.74, 6) is 1.64. The van der Waals surface area contributed by atoms with Crippen LogP contribution in [0.5, 0.6) is 11.5 Å². The van der Waals surface area contributed by atoms with Crippen molar-refractivity contribution in [3.8, 4) is 78.3 Å². The van der Waals surface area contributed by atoms with Gasteiger partial charge in [0.1, 0.15) is 11.5 Å². The van der Waals surface area contributed by atoms with Gasteiger partial charge in [0.2, 0.25) is 0 Å². The first kappa shape index (κ1) is 33.2. The van der Waals surface area contributed by atoms with Crippen molar-refractivity contribution < 1.29 is 4.74 Å². The van der Waals surface area contributed by atoms with Crippen LogP contribution in [0.3, 0.4) is 0 Å². The molecule has 10 rings (SSSR count). The molecule has 0 aromatic heterocycles. The van der Waals surface area contributed by atoms with Crippen LogP contribution in [0.1, 0.15) is 0 Å². The van der Waals surface area contributed by atoms with Crippen LogP contribution in [0.15, 0.2) is 224 Å². The van der Waals surface area contributed by atoms with Crippen LogP contribution in [-0.4, -0.2) is 0 Å². The predicted octanol–water partition coefficient (Wildman–Crippen LogP) is 15.3. The highest BCUT2D eigenvalue weighted by atomic mass is 16.5. The maximum atomic E-state index is 7.07. The van der Waals surface area contributed by atoms with E-state index in [2.05, 4.69) is 229 Å². The Morgan fingerprint density at radius 1 is 0.250 bits per heavy atom. The van der Waals surface area contributed by atoms with Gasteiger partial charge in [0.05, 0.1) is 0 Å². The van der Waals surface area contributed by atoms with Crippen molar-refractivity contribution in [2.24, 2.45) is 0 Å². The molecule has 9 aromatic carbocycles. The number of rotatable bonds is 7. The maximum Gasteiger partial charge on any atom is 0.137 e. The second-order valence-corrected chi connectivity index (χ2v) is 14.1. The highest BCUT2D eigenvalue weighted by molar-refractivity contribution is 6.00. The van der Waals surface area contributed by atoms with E-state index in [-0.39, 0.29) is 0 Å². The van der Waals surface area contributed by atoms with Crippen molar-refractivity contribution >= 4 is 17.1 Å². The van der Waals surface area contributed by atoms with E-state index in [0.29, 0.717) is 0 Å². The molecule has 1 aliphatic rings. The topological polar surface area (TPSA) is 12.5 Å². The molecule has 1 aliphatic heterocycles. The molecular formula is C54H37NO. The summed E-state index contributed by atoms with van der Waals surface area (Å²) in [6.07, 6.45) is 0. The zero-order valence-corrected chi connectivity index (χ0v) is 30.7. The van der Waals surface area contributed by atoms with Gasteiger partial charge in [0.15, 0.2) is 0 Å². The van der Waals surface area contributed by atoms with Gasteiger partial charge in [-0.15, -0.1) is 0 Å². The highest BCUT2D eigenvalue weighted by Crippen LogP contribution is 2.52. The van der Waals surface area contributed by atoms with Gasteiger partial charge in [0.25, 0.3) is 0 Å². The SMILES string of the molecule is c1ccc(-c2ccc(N(c3cccc(-c4ccccc4)c3)c3ccc4c(c3)Oc3ccc(-c5ccccc5)cc3-c3cccc(-c5ccccc5)c3-4)cc2)cc1. The lowest BCUT2D eigenvalue weighted by Gasteiger charge is -2.27. The van der Waals surface area contributed by atoms with E-state index in [0.717, 1.165) is 61.9 Å². The lowest BCUT2D eigenvalue weighted by Crippen LogP contribution is -2.10. The number of anilines is 3. The van der Waals surface area contributed by atoms with E-state index in [4.69, 9.17) is 4.74 Å². The lowest BCUT2D eigenvalue weighted by atomic mass is 9.87. The molecule has 0 saturated carbocycles. The summed E-state index contributed by atoms with van der Waals surface area (Å²) in [5, 5.41) is 0. The first-order valence-electron chi connectivity index (χ1n) is 19.1. The maximum absolute atomic E-state index is 7.07. The van der Waals surface area contributed by atoms with Crippen LogP contribution < -0.4 is 9.64 Å². The minimum atomic E-state index is 0.809. The van der Waals surface area contributed by atoms with Crippen LogP contribution in [0.25, 0.3) is 66.8 Å². The van der Waals surface area contributed by atoms with Crippen LogP contribution >= 0.6 is 0 Å². The Bertz CT molecular complexity index is 2800. The Balaban J connectivity index is 1.16. The van der Waals surface area contributed by atoms with Crippen LogP contribution in [0.4, 0.5) is 17.1 Å². The van der Waals surface area contributed by atoms with Gasteiger partial charge in [-0.2, -0.15) is 0 Å². The van der Waals surface area contributed by atoms with Gasteiger partial charge in [-0.3, -0.25) is 0 Å². The number of nitrogens with zero attached hydrogens (tertiary/aromatic N) is 1. The second-order valence-electron chi connectivity index (χ2n) is 14.1. The smallest absolute Gasteiger partial charge is 0.137 e. The molecule has 0 bridgehead atoms. The molecule has 1 heterocycles. The molecule has 0 radical (unpaired) electrons. The molecular weight excluding hydrogens is 679 g/mol. The van der Waals surface area contributed by atoms with Crippen molar-refractivity contribution in [1.29, 1.82) is 0 Å². The van der Waals surface area contributed by atoms with Crippen molar-refractivity contribution in [2.75, 3.05) is 4.90 Å². The van der Waals surface area contributed by atoms with E-state index < -0.39 is 0 Å². The molecule has 2 nitrogen and oxygen atoms in total. The van der Waals surface area contributed by atoms with Gasteiger partial charge in [0, 0.05) is 39.8 Å². The van der Waals surface area contributed by atoms with Gasteiger partial charge < -0.3 is 9.64 Å². The largest absolute Gasteiger partial charge is 0.456 e. The molecule has 0 N–H and O–H groups in total. The first-order chi connectivity index (χ1) is 27.8. The van der Waals surface area contributed by atoms with Crippen molar-refractivity contribution in [3.63, 3.8) is 0 Å². The number of fused-ring (bicyclic) bond motifs is 5. The van der Waals surface area contributed by atoms with Crippen molar-refractivity contribution in [1.82, 2.24) is 0 Å². The summed E-state index contributed by atoms with van der Waals surface area (Å²) in [7, 11) is 0. The molecule has 56 heavy (non-hydrogen) atoms. The van der Waals surface area contributed by atoms with E-state index in [1.54, 1.807) is 0 Å². The molecule has 0 amide bonds. The Morgan fingerprint density at radius 2 is 0.732 bits per heavy atom. The van der Waals surface area contributed by atoms with Crippen molar-refractivity contribution in [2.45, 2.75) is 0 Å². The zero-order valence-electron chi connectivity index (χ0n) is 30.7. The Kier molecular flexibility index (Phi) is 8.55. The van der Waals surface area contributed by atoms with Gasteiger partial charge >= 0.3 is 0 Å². The van der Waals surface area contributed by atoms with Gasteiger partial charge in [-0.05, 0) is 98.6 Å². The predicted molar refractivity (Wildman–Crippen MR) is 234 cm³/mol. The van der Waals surface area contributed by atoms with Crippen molar-refractivity contribution in [3.05, 3.63) is 224 Å². The molecule has 0 spiro atoms. The third-order valence-electron chi connectivity index (χ3n) is 10.7. The summed E-state index contributed by atoms with van der Waals surface area (Å²) >= 11 is 0. The van der Waals surface area contributed by atoms with E-state index in [1.807, 2.05) is 0 Å². The average Bonchev–Trinajstić information content (AvgIpc) is 3.42. The third kappa shape index (κ3) is 6.24. The highest BCUT2D eigenvalue weighted by Gasteiger charge is 2.26. The molecule has 0 unspecified atom stereocenters. The van der Waals surface area contributed by atoms with Gasteiger partial charge in [-0.25, -0.2) is 0 Å².